The summed E-state index contributed by atoms with van der Waals surface area (Å²) in [7, 11) is 3.35. The van der Waals surface area contributed by atoms with E-state index in [0.29, 0.717) is 0 Å². The van der Waals surface area contributed by atoms with Crippen molar-refractivity contribution in [3.8, 4) is 11.5 Å². The molecule has 2 aliphatic heterocycles. The monoisotopic (exact) mass is 380 g/mol. The number of rotatable bonds is 5. The lowest BCUT2D eigenvalue weighted by molar-refractivity contribution is -0.121. The molecule has 2 aromatic carbocycles. The molecule has 2 fully saturated rings. The minimum Gasteiger partial charge on any atom is -0.493 e. The smallest absolute Gasteiger partial charge is 0.228 e. The molecule has 28 heavy (non-hydrogen) atoms. The highest BCUT2D eigenvalue weighted by molar-refractivity contribution is 5.87. The van der Waals surface area contributed by atoms with Crippen molar-refractivity contribution in [3.63, 3.8) is 0 Å². The number of hydrogen-bond acceptors (Lipinski definition) is 4. The number of likely N-dealkylation sites (tertiary alicyclic amines) is 1. The number of para-hydroxylation sites is 1. The van der Waals surface area contributed by atoms with Gasteiger partial charge in [-0.25, -0.2) is 0 Å². The minimum absolute atomic E-state index is 0.0220. The topological polar surface area (TPSA) is 50.8 Å². The fourth-order valence-electron chi connectivity index (χ4n) is 4.62. The van der Waals surface area contributed by atoms with Crippen molar-refractivity contribution in [3.05, 3.63) is 59.7 Å². The summed E-state index contributed by atoms with van der Waals surface area (Å²) in [6, 6.07) is 16.2. The maximum atomic E-state index is 12.6. The average Bonchev–Trinajstić information content (AvgIpc) is 3.06. The molecule has 1 atom stereocenters. The fraction of sp³-hybridized carbons (Fsp3) is 0.435. The molecule has 2 saturated heterocycles. The summed E-state index contributed by atoms with van der Waals surface area (Å²) < 4.78 is 11.0. The van der Waals surface area contributed by atoms with Gasteiger partial charge in [0.1, 0.15) is 0 Å². The summed E-state index contributed by atoms with van der Waals surface area (Å²) in [5.41, 5.74) is 2.20. The molecule has 4 rings (SSSR count). The van der Waals surface area contributed by atoms with Crippen LogP contribution in [0.5, 0.6) is 11.5 Å². The first kappa shape index (κ1) is 18.8. The van der Waals surface area contributed by atoms with E-state index in [2.05, 4.69) is 28.4 Å². The second-order valence-electron chi connectivity index (χ2n) is 7.87. The lowest BCUT2D eigenvalue weighted by atomic mass is 9.82. The first-order valence-electron chi connectivity index (χ1n) is 9.93. The van der Waals surface area contributed by atoms with E-state index in [1.165, 1.54) is 0 Å². The number of hydrogen-bond donors (Lipinski definition) is 1. The summed E-state index contributed by atoms with van der Waals surface area (Å²) in [5, 5.41) is 3.33. The summed E-state index contributed by atoms with van der Waals surface area (Å²) in [5.74, 6) is 1.73. The maximum Gasteiger partial charge on any atom is 0.228 e. The highest BCUT2D eigenvalue weighted by Crippen LogP contribution is 2.40. The number of methoxy groups -OCH3 is 2. The summed E-state index contributed by atoms with van der Waals surface area (Å²) in [6.45, 7) is 2.75. The molecular weight excluding hydrogens is 352 g/mol. The van der Waals surface area contributed by atoms with Crippen molar-refractivity contribution in [1.82, 2.24) is 10.2 Å². The molecule has 148 valence electrons. The van der Waals surface area contributed by atoms with Gasteiger partial charge >= 0.3 is 0 Å². The van der Waals surface area contributed by atoms with Crippen LogP contribution in [0.3, 0.4) is 0 Å². The number of piperidine rings is 1. The maximum absolute atomic E-state index is 12.6. The molecule has 1 spiro atoms. The predicted octanol–water partition coefficient (Wildman–Crippen LogP) is 3.34. The third kappa shape index (κ3) is 3.59. The van der Waals surface area contributed by atoms with Crippen LogP contribution in [0.2, 0.25) is 0 Å². The van der Waals surface area contributed by atoms with Crippen molar-refractivity contribution < 1.29 is 14.3 Å². The van der Waals surface area contributed by atoms with Gasteiger partial charge in [0.15, 0.2) is 11.5 Å². The van der Waals surface area contributed by atoms with E-state index in [0.717, 1.165) is 61.5 Å². The van der Waals surface area contributed by atoms with E-state index in [-0.39, 0.29) is 17.4 Å². The Balaban J connectivity index is 1.41. The van der Waals surface area contributed by atoms with Crippen LogP contribution in [0.4, 0.5) is 0 Å². The molecule has 1 amide bonds. The zero-order valence-electron chi connectivity index (χ0n) is 16.6. The Morgan fingerprint density at radius 3 is 2.46 bits per heavy atom. The van der Waals surface area contributed by atoms with E-state index in [4.69, 9.17) is 9.47 Å². The van der Waals surface area contributed by atoms with Crippen LogP contribution >= 0.6 is 0 Å². The number of ether oxygens (including phenoxy) is 2. The fourth-order valence-corrected chi connectivity index (χ4v) is 4.62. The van der Waals surface area contributed by atoms with E-state index < -0.39 is 0 Å². The van der Waals surface area contributed by atoms with Gasteiger partial charge in [-0.2, -0.15) is 0 Å². The summed E-state index contributed by atoms with van der Waals surface area (Å²) >= 11 is 0. The number of amides is 1. The van der Waals surface area contributed by atoms with E-state index in [9.17, 15) is 4.79 Å². The standard InChI is InChI=1S/C23H28N2O3/c1-27-20-10-6-9-18(21(20)28-2)16-25-13-11-23(12-14-25)15-19(22(26)24-23)17-7-4-3-5-8-17/h3-10,19H,11-16H2,1-2H3,(H,24,26)/t19-/m1/s1. The van der Waals surface area contributed by atoms with Gasteiger partial charge in [0.25, 0.3) is 0 Å². The van der Waals surface area contributed by atoms with Gasteiger partial charge in [0, 0.05) is 30.7 Å². The van der Waals surface area contributed by atoms with Crippen LogP contribution in [0.15, 0.2) is 48.5 Å². The Labute approximate surface area is 166 Å². The SMILES string of the molecule is COc1cccc(CN2CCC3(CC2)C[C@H](c2ccccc2)C(=O)N3)c1OC. The normalized spacial score (nSPS) is 21.5. The second kappa shape index (κ2) is 7.84. The molecule has 1 N–H and O–H groups in total. The third-order valence-corrected chi connectivity index (χ3v) is 6.19. The first-order valence-corrected chi connectivity index (χ1v) is 9.93. The molecule has 0 unspecified atom stereocenters. The van der Waals surface area contributed by atoms with Crippen molar-refractivity contribution in [2.75, 3.05) is 27.3 Å². The molecule has 2 aromatic rings. The van der Waals surface area contributed by atoms with Crippen LogP contribution in [-0.2, 0) is 11.3 Å². The molecule has 2 heterocycles. The Kier molecular flexibility index (Phi) is 5.27. The largest absolute Gasteiger partial charge is 0.493 e. The van der Waals surface area contributed by atoms with Gasteiger partial charge in [0.2, 0.25) is 5.91 Å². The zero-order chi connectivity index (χ0) is 19.6. The van der Waals surface area contributed by atoms with Crippen LogP contribution < -0.4 is 14.8 Å². The van der Waals surface area contributed by atoms with Gasteiger partial charge in [-0.1, -0.05) is 42.5 Å². The Morgan fingerprint density at radius 2 is 1.79 bits per heavy atom. The van der Waals surface area contributed by atoms with Gasteiger partial charge in [-0.05, 0) is 30.9 Å². The van der Waals surface area contributed by atoms with Crippen molar-refractivity contribution >= 4 is 5.91 Å². The molecule has 5 heteroatoms. The Morgan fingerprint density at radius 1 is 1.04 bits per heavy atom. The van der Waals surface area contributed by atoms with Gasteiger partial charge < -0.3 is 14.8 Å². The van der Waals surface area contributed by atoms with Crippen molar-refractivity contribution in [2.24, 2.45) is 0 Å². The number of nitrogens with zero attached hydrogens (tertiary/aromatic N) is 1. The highest BCUT2D eigenvalue weighted by Gasteiger charge is 2.46. The molecular formula is C23H28N2O3. The highest BCUT2D eigenvalue weighted by atomic mass is 16.5. The Hall–Kier alpha value is -2.53. The minimum atomic E-state index is -0.0629. The molecule has 0 aromatic heterocycles. The quantitative estimate of drug-likeness (QED) is 0.864. The summed E-state index contributed by atoms with van der Waals surface area (Å²) in [4.78, 5) is 15.1. The molecule has 2 aliphatic rings. The van der Waals surface area contributed by atoms with Crippen molar-refractivity contribution in [2.45, 2.75) is 37.3 Å². The number of carbonyl (C=O) groups is 1. The summed E-state index contributed by atoms with van der Waals surface area (Å²) in [6.07, 6.45) is 2.86. The van der Waals surface area contributed by atoms with Crippen LogP contribution in [-0.4, -0.2) is 43.7 Å². The van der Waals surface area contributed by atoms with Gasteiger partial charge in [0.05, 0.1) is 20.1 Å². The molecule has 0 radical (unpaired) electrons. The van der Waals surface area contributed by atoms with E-state index >= 15 is 0 Å². The average molecular weight is 380 g/mol. The predicted molar refractivity (Wildman–Crippen MR) is 109 cm³/mol. The number of benzene rings is 2. The van der Waals surface area contributed by atoms with Gasteiger partial charge in [-0.15, -0.1) is 0 Å². The molecule has 0 saturated carbocycles. The molecule has 5 nitrogen and oxygen atoms in total. The molecule has 0 bridgehead atoms. The van der Waals surface area contributed by atoms with Crippen LogP contribution in [0.25, 0.3) is 0 Å². The van der Waals surface area contributed by atoms with Crippen molar-refractivity contribution in [1.29, 1.82) is 0 Å². The Bertz CT molecular complexity index is 829. The van der Waals surface area contributed by atoms with E-state index in [1.807, 2.05) is 30.3 Å². The second-order valence-corrected chi connectivity index (χ2v) is 7.87. The third-order valence-electron chi connectivity index (χ3n) is 6.19. The van der Waals surface area contributed by atoms with Crippen LogP contribution in [0, 0.1) is 0 Å². The number of nitrogens with one attached hydrogen (secondary N) is 1. The first-order chi connectivity index (χ1) is 13.6. The zero-order valence-corrected chi connectivity index (χ0v) is 16.6. The van der Waals surface area contributed by atoms with Crippen LogP contribution in [0.1, 0.15) is 36.3 Å². The van der Waals surface area contributed by atoms with Gasteiger partial charge in [-0.3, -0.25) is 9.69 Å². The van der Waals surface area contributed by atoms with E-state index in [1.54, 1.807) is 14.2 Å². The lowest BCUT2D eigenvalue weighted by Crippen LogP contribution is -2.50. The lowest BCUT2D eigenvalue weighted by Gasteiger charge is -2.39. The number of carbonyl (C=O) groups excluding carboxylic acids is 1. The molecule has 0 aliphatic carbocycles.